The van der Waals surface area contributed by atoms with Gasteiger partial charge in [-0.25, -0.2) is 0 Å². The molecule has 0 aliphatic heterocycles. The highest BCUT2D eigenvalue weighted by Crippen LogP contribution is 2.23. The van der Waals surface area contributed by atoms with E-state index in [9.17, 15) is 0 Å². The number of aliphatic hydroxyl groups is 1. The Kier molecular flexibility index (Phi) is 8.40. The van der Waals surface area contributed by atoms with E-state index in [0.717, 1.165) is 29.2 Å². The lowest BCUT2D eigenvalue weighted by molar-refractivity contribution is 0.241. The topological polar surface area (TPSA) is 69.8 Å². The molecular formula is C17H26IN3O2. The maximum Gasteiger partial charge on any atom is 0.191 e. The molecule has 2 aromatic rings. The van der Waals surface area contributed by atoms with Crippen LogP contribution in [0.4, 0.5) is 0 Å². The van der Waals surface area contributed by atoms with Gasteiger partial charge in [-0.1, -0.05) is 25.1 Å². The Labute approximate surface area is 154 Å². The molecule has 0 bridgehead atoms. The second kappa shape index (κ2) is 9.77. The van der Waals surface area contributed by atoms with E-state index in [-0.39, 0.29) is 42.5 Å². The fourth-order valence-corrected chi connectivity index (χ4v) is 2.12. The van der Waals surface area contributed by atoms with Crippen LogP contribution in [0, 0.1) is 5.92 Å². The van der Waals surface area contributed by atoms with E-state index in [2.05, 4.69) is 15.6 Å². The number of halogens is 1. The van der Waals surface area contributed by atoms with Crippen LogP contribution in [0.25, 0.3) is 11.0 Å². The minimum Gasteiger partial charge on any atom is -0.459 e. The van der Waals surface area contributed by atoms with Crippen LogP contribution in [0.1, 0.15) is 32.6 Å². The molecule has 6 heteroatoms. The van der Waals surface area contributed by atoms with Gasteiger partial charge in [0, 0.05) is 25.1 Å². The Hall–Kier alpha value is -1.28. The summed E-state index contributed by atoms with van der Waals surface area (Å²) in [4.78, 5) is 4.50. The van der Waals surface area contributed by atoms with Crippen LogP contribution in [-0.2, 0) is 0 Å². The van der Waals surface area contributed by atoms with Crippen molar-refractivity contribution in [2.75, 3.05) is 19.7 Å². The van der Waals surface area contributed by atoms with Gasteiger partial charge in [0.25, 0.3) is 0 Å². The van der Waals surface area contributed by atoms with Gasteiger partial charge in [0.05, 0.1) is 6.04 Å². The number of nitrogens with zero attached hydrogens (tertiary/aromatic N) is 1. The Morgan fingerprint density at radius 2 is 2.04 bits per heavy atom. The predicted molar refractivity (Wildman–Crippen MR) is 105 cm³/mol. The molecule has 0 fully saturated rings. The zero-order chi connectivity index (χ0) is 15.9. The summed E-state index contributed by atoms with van der Waals surface area (Å²) in [6.07, 6.45) is 0. The third-order valence-electron chi connectivity index (χ3n) is 3.44. The monoisotopic (exact) mass is 431 g/mol. The van der Waals surface area contributed by atoms with E-state index in [1.165, 1.54) is 0 Å². The number of para-hydroxylation sites is 1. The summed E-state index contributed by atoms with van der Waals surface area (Å²) in [5.74, 6) is 1.76. The number of furan rings is 1. The van der Waals surface area contributed by atoms with Crippen molar-refractivity contribution in [3.8, 4) is 0 Å². The highest BCUT2D eigenvalue weighted by molar-refractivity contribution is 14.0. The maximum atomic E-state index is 9.09. The van der Waals surface area contributed by atoms with E-state index in [0.29, 0.717) is 6.54 Å². The first-order valence-electron chi connectivity index (χ1n) is 7.78. The number of benzene rings is 1. The van der Waals surface area contributed by atoms with Crippen LogP contribution in [-0.4, -0.2) is 30.8 Å². The summed E-state index contributed by atoms with van der Waals surface area (Å²) in [7, 11) is 0. The zero-order valence-corrected chi connectivity index (χ0v) is 16.2. The van der Waals surface area contributed by atoms with Gasteiger partial charge in [-0.3, -0.25) is 4.99 Å². The fraction of sp³-hybridized carbons (Fsp3) is 0.471. The fourth-order valence-electron chi connectivity index (χ4n) is 2.12. The zero-order valence-electron chi connectivity index (χ0n) is 13.9. The predicted octanol–water partition coefficient (Wildman–Crippen LogP) is 3.30. The molecule has 5 nitrogen and oxygen atoms in total. The van der Waals surface area contributed by atoms with E-state index in [1.54, 1.807) is 0 Å². The summed E-state index contributed by atoms with van der Waals surface area (Å²) >= 11 is 0. The van der Waals surface area contributed by atoms with Crippen LogP contribution in [0.5, 0.6) is 0 Å². The van der Waals surface area contributed by atoms with Crippen molar-refractivity contribution in [1.29, 1.82) is 0 Å². The van der Waals surface area contributed by atoms with Crippen molar-refractivity contribution >= 4 is 40.9 Å². The molecule has 0 aliphatic rings. The number of hydrogen-bond donors (Lipinski definition) is 3. The number of guanidine groups is 1. The third-order valence-corrected chi connectivity index (χ3v) is 3.44. The Morgan fingerprint density at radius 3 is 2.70 bits per heavy atom. The first-order chi connectivity index (χ1) is 10.6. The molecule has 2 rings (SSSR count). The maximum absolute atomic E-state index is 9.09. The Morgan fingerprint density at radius 1 is 1.30 bits per heavy atom. The minimum atomic E-state index is 0. The molecule has 0 spiro atoms. The first kappa shape index (κ1) is 19.8. The molecule has 0 radical (unpaired) electrons. The lowest BCUT2D eigenvalue weighted by Crippen LogP contribution is -2.39. The van der Waals surface area contributed by atoms with Gasteiger partial charge in [-0.15, -0.1) is 24.0 Å². The highest BCUT2D eigenvalue weighted by Gasteiger charge is 2.13. The average Bonchev–Trinajstić information content (AvgIpc) is 2.96. The molecular weight excluding hydrogens is 405 g/mol. The molecule has 128 valence electrons. The quantitative estimate of drug-likeness (QED) is 0.373. The highest BCUT2D eigenvalue weighted by atomic mass is 127. The number of nitrogens with one attached hydrogen (secondary N) is 2. The average molecular weight is 431 g/mol. The van der Waals surface area contributed by atoms with Gasteiger partial charge in [0.15, 0.2) is 5.96 Å². The molecule has 0 saturated carbocycles. The largest absolute Gasteiger partial charge is 0.459 e. The van der Waals surface area contributed by atoms with Crippen molar-refractivity contribution in [2.45, 2.75) is 26.8 Å². The van der Waals surface area contributed by atoms with Gasteiger partial charge >= 0.3 is 0 Å². The summed E-state index contributed by atoms with van der Waals surface area (Å²) in [5, 5.41) is 16.7. The lowest BCUT2D eigenvalue weighted by atomic mass is 10.2. The summed E-state index contributed by atoms with van der Waals surface area (Å²) in [6, 6.07) is 10.0. The number of rotatable bonds is 6. The van der Waals surface area contributed by atoms with E-state index >= 15 is 0 Å². The van der Waals surface area contributed by atoms with Crippen LogP contribution < -0.4 is 10.6 Å². The van der Waals surface area contributed by atoms with Gasteiger partial charge in [0.1, 0.15) is 11.3 Å². The molecule has 1 aromatic heterocycles. The van der Waals surface area contributed by atoms with E-state index in [4.69, 9.17) is 9.52 Å². The normalized spacial score (nSPS) is 14.2. The smallest absolute Gasteiger partial charge is 0.191 e. The van der Waals surface area contributed by atoms with Gasteiger partial charge < -0.3 is 20.2 Å². The summed E-state index contributed by atoms with van der Waals surface area (Å²) < 4.78 is 5.87. The van der Waals surface area contributed by atoms with Crippen LogP contribution in [0.15, 0.2) is 39.7 Å². The second-order valence-electron chi connectivity index (χ2n) is 5.56. The van der Waals surface area contributed by atoms with Crippen molar-refractivity contribution in [3.63, 3.8) is 0 Å². The Balaban J connectivity index is 0.00000264. The molecule has 1 heterocycles. The minimum absolute atomic E-state index is 0. The van der Waals surface area contributed by atoms with E-state index in [1.807, 2.05) is 51.1 Å². The van der Waals surface area contributed by atoms with Crippen molar-refractivity contribution in [3.05, 3.63) is 36.1 Å². The molecule has 23 heavy (non-hydrogen) atoms. The molecule has 1 aromatic carbocycles. The molecule has 2 atom stereocenters. The lowest BCUT2D eigenvalue weighted by Gasteiger charge is -2.16. The number of fused-ring (bicyclic) bond motifs is 1. The third kappa shape index (κ3) is 5.69. The number of hydrogen-bond acceptors (Lipinski definition) is 3. The number of aliphatic hydroxyl groups excluding tert-OH is 1. The molecule has 2 unspecified atom stereocenters. The van der Waals surface area contributed by atoms with Crippen LogP contribution in [0.3, 0.4) is 0 Å². The van der Waals surface area contributed by atoms with Crippen molar-refractivity contribution in [1.82, 2.24) is 10.6 Å². The SMILES string of the molecule is CCNC(=NCC(C)CO)NC(C)c1cc2ccccc2o1.I. The molecule has 0 amide bonds. The molecule has 3 N–H and O–H groups in total. The standard InChI is InChI=1S/C17H25N3O2.HI/c1-4-18-17(19-10-12(2)11-21)20-13(3)16-9-14-7-5-6-8-15(14)22-16;/h5-9,12-13,21H,4,10-11H2,1-3H3,(H2,18,19,20);1H. The van der Waals surface area contributed by atoms with Gasteiger partial charge in [-0.2, -0.15) is 0 Å². The van der Waals surface area contributed by atoms with Crippen LogP contribution >= 0.6 is 24.0 Å². The second-order valence-corrected chi connectivity index (χ2v) is 5.56. The first-order valence-corrected chi connectivity index (χ1v) is 7.78. The van der Waals surface area contributed by atoms with Gasteiger partial charge in [-0.05, 0) is 31.9 Å². The Bertz CT molecular complexity index is 594. The van der Waals surface area contributed by atoms with Crippen molar-refractivity contribution in [2.24, 2.45) is 10.9 Å². The molecule has 0 saturated heterocycles. The van der Waals surface area contributed by atoms with E-state index < -0.39 is 0 Å². The molecule has 0 aliphatic carbocycles. The van der Waals surface area contributed by atoms with Crippen molar-refractivity contribution < 1.29 is 9.52 Å². The van der Waals surface area contributed by atoms with Crippen LogP contribution in [0.2, 0.25) is 0 Å². The summed E-state index contributed by atoms with van der Waals surface area (Å²) in [5.41, 5.74) is 0.891. The van der Waals surface area contributed by atoms with Gasteiger partial charge in [0.2, 0.25) is 0 Å². The number of aliphatic imine (C=N–C) groups is 1. The summed E-state index contributed by atoms with van der Waals surface area (Å²) in [6.45, 7) is 7.54.